The summed E-state index contributed by atoms with van der Waals surface area (Å²) in [7, 11) is 0. The van der Waals surface area contributed by atoms with E-state index >= 15 is 0 Å². The molecule has 26 heavy (non-hydrogen) atoms. The largest absolute Gasteiger partial charge is 0.473 e. The van der Waals surface area contributed by atoms with Gasteiger partial charge in [0.05, 0.1) is 23.2 Å². The summed E-state index contributed by atoms with van der Waals surface area (Å²) in [6.07, 6.45) is -0.0408. The summed E-state index contributed by atoms with van der Waals surface area (Å²) in [5.74, 6) is -1.37. The molecule has 0 saturated carbocycles. The van der Waals surface area contributed by atoms with Crippen LogP contribution in [0.1, 0.15) is 0 Å². The van der Waals surface area contributed by atoms with Crippen molar-refractivity contribution in [3.8, 4) is 11.6 Å². The van der Waals surface area contributed by atoms with Crippen molar-refractivity contribution in [3.05, 3.63) is 54.1 Å². The van der Waals surface area contributed by atoms with Crippen LogP contribution in [0.3, 0.4) is 0 Å². The molecular weight excluding hydrogens is 364 g/mol. The van der Waals surface area contributed by atoms with Crippen LogP contribution < -0.4 is 10.1 Å². The van der Waals surface area contributed by atoms with Crippen molar-refractivity contribution in [1.82, 2.24) is 15.1 Å². The minimum absolute atomic E-state index is 0. The molecule has 0 unspecified atom stereocenters. The Labute approximate surface area is 155 Å². The normalized spacial score (nSPS) is 17.1. The first-order valence-electron chi connectivity index (χ1n) is 8.10. The highest BCUT2D eigenvalue weighted by Crippen LogP contribution is 2.28. The molecule has 2 aromatic carbocycles. The quantitative estimate of drug-likeness (QED) is 0.754. The molecule has 4 rings (SSSR count). The Kier molecular flexibility index (Phi) is 5.70. The molecule has 0 aliphatic carbocycles. The van der Waals surface area contributed by atoms with Crippen LogP contribution in [0.4, 0.5) is 8.78 Å². The average molecular weight is 382 g/mol. The van der Waals surface area contributed by atoms with Gasteiger partial charge < -0.3 is 14.8 Å². The van der Waals surface area contributed by atoms with Gasteiger partial charge >= 0.3 is 0 Å². The van der Waals surface area contributed by atoms with Crippen LogP contribution in [0.5, 0.6) is 5.88 Å². The van der Waals surface area contributed by atoms with Crippen molar-refractivity contribution in [2.45, 2.75) is 6.10 Å². The van der Waals surface area contributed by atoms with Gasteiger partial charge in [-0.1, -0.05) is 12.1 Å². The second-order valence-electron chi connectivity index (χ2n) is 5.84. The Hall–Kier alpha value is -2.22. The van der Waals surface area contributed by atoms with Crippen molar-refractivity contribution in [3.63, 3.8) is 0 Å². The van der Waals surface area contributed by atoms with Crippen LogP contribution in [0.15, 0.2) is 42.5 Å². The Morgan fingerprint density at radius 2 is 2.04 bits per heavy atom. The van der Waals surface area contributed by atoms with Gasteiger partial charge in [-0.15, -0.1) is 17.5 Å². The van der Waals surface area contributed by atoms with Gasteiger partial charge in [0, 0.05) is 19.2 Å². The monoisotopic (exact) mass is 381 g/mol. The molecular formula is C18H18ClF2N3O2. The molecule has 5 nitrogen and oxygen atoms in total. The number of para-hydroxylation sites is 1. The minimum Gasteiger partial charge on any atom is -0.473 e. The van der Waals surface area contributed by atoms with Gasteiger partial charge in [0.15, 0.2) is 11.6 Å². The van der Waals surface area contributed by atoms with E-state index in [1.807, 2.05) is 24.3 Å². The summed E-state index contributed by atoms with van der Waals surface area (Å²) in [4.78, 5) is 0. The van der Waals surface area contributed by atoms with Crippen LogP contribution in [0, 0.1) is 11.6 Å². The second kappa shape index (κ2) is 7.99. The zero-order valence-electron chi connectivity index (χ0n) is 13.8. The molecule has 0 bridgehead atoms. The number of hydrogen-bond donors (Lipinski definition) is 1. The number of rotatable bonds is 4. The van der Waals surface area contributed by atoms with Crippen molar-refractivity contribution in [2.24, 2.45) is 0 Å². The van der Waals surface area contributed by atoms with Crippen molar-refractivity contribution >= 4 is 23.3 Å². The zero-order chi connectivity index (χ0) is 17.2. The molecule has 1 atom stereocenters. The molecule has 8 heteroatoms. The lowest BCUT2D eigenvalue weighted by molar-refractivity contribution is -0.000505. The summed E-state index contributed by atoms with van der Waals surface area (Å²) in [6.45, 7) is 2.58. The Morgan fingerprint density at radius 3 is 2.81 bits per heavy atom. The first-order chi connectivity index (χ1) is 12.2. The van der Waals surface area contributed by atoms with Crippen molar-refractivity contribution in [1.29, 1.82) is 0 Å². The molecule has 0 spiro atoms. The predicted molar refractivity (Wildman–Crippen MR) is 96.3 cm³/mol. The number of nitrogens with one attached hydrogen (secondary N) is 1. The third-order valence-corrected chi connectivity index (χ3v) is 4.11. The summed E-state index contributed by atoms with van der Waals surface area (Å²) in [6, 6.07) is 11.2. The number of fused-ring (bicyclic) bond motifs is 1. The Balaban J connectivity index is 0.00000196. The first-order valence-corrected chi connectivity index (χ1v) is 8.10. The smallest absolute Gasteiger partial charge is 0.241 e. The third kappa shape index (κ3) is 3.65. The molecule has 2 heterocycles. The highest BCUT2D eigenvalue weighted by Gasteiger charge is 2.18. The molecule has 1 N–H and O–H groups in total. The number of ether oxygens (including phenoxy) is 2. The topological polar surface area (TPSA) is 48.3 Å². The van der Waals surface area contributed by atoms with E-state index in [9.17, 15) is 8.78 Å². The first kappa shape index (κ1) is 18.6. The second-order valence-corrected chi connectivity index (χ2v) is 5.84. The van der Waals surface area contributed by atoms with Crippen LogP contribution in [-0.2, 0) is 4.74 Å². The predicted octanol–water partition coefficient (Wildman–Crippen LogP) is 3.09. The number of nitrogens with zero attached hydrogens (tertiary/aromatic N) is 2. The SMILES string of the molecule is Cl.Fc1ccc(-n2nc(OC[C@@H]3CNCCO3)c3ccccc32)cc1F. The fourth-order valence-corrected chi connectivity index (χ4v) is 2.86. The van der Waals surface area contributed by atoms with E-state index in [2.05, 4.69) is 10.4 Å². The van der Waals surface area contributed by atoms with Crippen LogP contribution in [0.25, 0.3) is 16.6 Å². The lowest BCUT2D eigenvalue weighted by Gasteiger charge is -2.23. The van der Waals surface area contributed by atoms with Gasteiger partial charge in [0.1, 0.15) is 12.7 Å². The Morgan fingerprint density at radius 1 is 1.19 bits per heavy atom. The fraction of sp³-hybridized carbons (Fsp3) is 0.278. The number of morpholine rings is 1. The van der Waals surface area contributed by atoms with E-state index in [4.69, 9.17) is 9.47 Å². The van der Waals surface area contributed by atoms with Crippen LogP contribution >= 0.6 is 12.4 Å². The molecule has 1 aliphatic heterocycles. The lowest BCUT2D eigenvalue weighted by atomic mass is 10.2. The van der Waals surface area contributed by atoms with Gasteiger partial charge in [0.2, 0.25) is 5.88 Å². The standard InChI is InChI=1S/C18H17F2N3O2.ClH/c19-15-6-5-12(9-16(15)20)23-17-4-2-1-3-14(17)18(22-23)25-11-13-10-21-7-8-24-13;/h1-6,9,13,21H,7-8,10-11H2;1H/t13-;/m0./s1. The van der Waals surface area contributed by atoms with Gasteiger partial charge in [-0.25, -0.2) is 13.5 Å². The number of halogens is 3. The third-order valence-electron chi connectivity index (χ3n) is 4.11. The van der Waals surface area contributed by atoms with E-state index < -0.39 is 11.6 Å². The van der Waals surface area contributed by atoms with Crippen LogP contribution in [-0.4, -0.2) is 42.2 Å². The molecule has 1 fully saturated rings. The number of aromatic nitrogens is 2. The maximum Gasteiger partial charge on any atom is 0.241 e. The van der Waals surface area contributed by atoms with Crippen LogP contribution in [0.2, 0.25) is 0 Å². The Bertz CT molecular complexity index is 897. The summed E-state index contributed by atoms with van der Waals surface area (Å²) in [5, 5.41) is 8.49. The highest BCUT2D eigenvalue weighted by molar-refractivity contribution is 5.86. The maximum atomic E-state index is 13.6. The maximum absolute atomic E-state index is 13.6. The van der Waals surface area contributed by atoms with E-state index in [0.717, 1.165) is 36.1 Å². The zero-order valence-corrected chi connectivity index (χ0v) is 14.6. The molecule has 0 amide bonds. The van der Waals surface area contributed by atoms with Crippen molar-refractivity contribution < 1.29 is 18.3 Å². The minimum atomic E-state index is -0.916. The molecule has 1 saturated heterocycles. The van der Waals surface area contributed by atoms with Crippen molar-refractivity contribution in [2.75, 3.05) is 26.3 Å². The summed E-state index contributed by atoms with van der Waals surface area (Å²) < 4.78 is 39.8. The van der Waals surface area contributed by atoms with Gasteiger partial charge in [0.25, 0.3) is 0 Å². The lowest BCUT2D eigenvalue weighted by Crippen LogP contribution is -2.41. The van der Waals surface area contributed by atoms with E-state index in [0.29, 0.717) is 24.8 Å². The summed E-state index contributed by atoms with van der Waals surface area (Å²) >= 11 is 0. The average Bonchev–Trinajstić information content (AvgIpc) is 3.02. The van der Waals surface area contributed by atoms with Gasteiger partial charge in [-0.2, -0.15) is 0 Å². The number of benzene rings is 2. The molecule has 0 radical (unpaired) electrons. The van der Waals surface area contributed by atoms with E-state index in [1.165, 1.54) is 6.07 Å². The summed E-state index contributed by atoms with van der Waals surface area (Å²) in [5.41, 5.74) is 1.19. The molecule has 1 aliphatic rings. The highest BCUT2D eigenvalue weighted by atomic mass is 35.5. The number of hydrogen-bond acceptors (Lipinski definition) is 4. The fourth-order valence-electron chi connectivity index (χ4n) is 2.86. The molecule has 138 valence electrons. The van der Waals surface area contributed by atoms with Gasteiger partial charge in [-0.3, -0.25) is 0 Å². The van der Waals surface area contributed by atoms with Gasteiger partial charge in [-0.05, 0) is 24.3 Å². The molecule has 1 aromatic heterocycles. The van der Waals surface area contributed by atoms with E-state index in [-0.39, 0.29) is 18.5 Å². The molecule has 3 aromatic rings. The van der Waals surface area contributed by atoms with E-state index in [1.54, 1.807) is 4.68 Å².